The number of rotatable bonds is 6. The maximum Gasteiger partial charge on any atom is 0.338 e. The van der Waals surface area contributed by atoms with E-state index in [4.69, 9.17) is 9.47 Å². The van der Waals surface area contributed by atoms with Crippen molar-refractivity contribution in [2.45, 2.75) is 26.4 Å². The second kappa shape index (κ2) is 9.21. The molecule has 27 heavy (non-hydrogen) atoms. The zero-order valence-corrected chi connectivity index (χ0v) is 15.6. The van der Waals surface area contributed by atoms with Crippen LogP contribution in [0.2, 0.25) is 0 Å². The number of hydrogen-bond acceptors (Lipinski definition) is 4. The van der Waals surface area contributed by atoms with Gasteiger partial charge in [-0.25, -0.2) is 4.79 Å². The van der Waals surface area contributed by atoms with Gasteiger partial charge < -0.3 is 14.4 Å². The van der Waals surface area contributed by atoms with Crippen molar-refractivity contribution in [2.24, 2.45) is 5.92 Å². The van der Waals surface area contributed by atoms with Crippen LogP contribution in [-0.4, -0.2) is 36.5 Å². The summed E-state index contributed by atoms with van der Waals surface area (Å²) in [6.07, 6.45) is 2.15. The van der Waals surface area contributed by atoms with Gasteiger partial charge >= 0.3 is 5.97 Å². The Morgan fingerprint density at radius 2 is 1.81 bits per heavy atom. The number of carbonyl (C=O) groups excluding carboxylic acids is 2. The molecule has 0 saturated carbocycles. The fourth-order valence-corrected chi connectivity index (χ4v) is 3.14. The lowest BCUT2D eigenvalue weighted by Gasteiger charge is -2.30. The van der Waals surface area contributed by atoms with Crippen molar-refractivity contribution >= 4 is 11.9 Å². The first-order valence-electron chi connectivity index (χ1n) is 9.33. The summed E-state index contributed by atoms with van der Waals surface area (Å²) in [5.41, 5.74) is 1.38. The van der Waals surface area contributed by atoms with Crippen molar-refractivity contribution in [3.05, 3.63) is 65.7 Å². The van der Waals surface area contributed by atoms with Gasteiger partial charge in [0.05, 0.1) is 5.56 Å². The zero-order valence-electron chi connectivity index (χ0n) is 15.6. The summed E-state index contributed by atoms with van der Waals surface area (Å²) in [4.78, 5) is 26.1. The molecule has 0 N–H and O–H groups in total. The molecule has 0 aliphatic carbocycles. The van der Waals surface area contributed by atoms with Crippen molar-refractivity contribution in [1.82, 2.24) is 4.90 Å². The molecule has 1 aliphatic rings. The first-order valence-corrected chi connectivity index (χ1v) is 9.33. The highest BCUT2D eigenvalue weighted by Crippen LogP contribution is 2.16. The van der Waals surface area contributed by atoms with E-state index in [0.717, 1.165) is 37.2 Å². The third-order valence-electron chi connectivity index (χ3n) is 4.67. The number of hydrogen-bond donors (Lipinski definition) is 0. The lowest BCUT2D eigenvalue weighted by atomic mass is 10.0. The maximum absolute atomic E-state index is 12.2. The van der Waals surface area contributed by atoms with E-state index in [1.165, 1.54) is 0 Å². The Kier molecular flexibility index (Phi) is 6.47. The summed E-state index contributed by atoms with van der Waals surface area (Å²) in [6.45, 7) is 3.84. The van der Waals surface area contributed by atoms with Crippen molar-refractivity contribution in [3.63, 3.8) is 0 Å². The van der Waals surface area contributed by atoms with Crippen LogP contribution in [0, 0.1) is 5.92 Å². The summed E-state index contributed by atoms with van der Waals surface area (Å²) < 4.78 is 10.9. The molecule has 142 valence electrons. The van der Waals surface area contributed by atoms with E-state index < -0.39 is 5.97 Å². The second-order valence-corrected chi connectivity index (χ2v) is 6.96. The average molecular weight is 367 g/mol. The number of carbonyl (C=O) groups is 2. The van der Waals surface area contributed by atoms with Gasteiger partial charge in [0, 0.05) is 13.1 Å². The monoisotopic (exact) mass is 367 g/mol. The van der Waals surface area contributed by atoms with E-state index in [0.29, 0.717) is 18.1 Å². The predicted octanol–water partition coefficient (Wildman–Crippen LogP) is 3.68. The summed E-state index contributed by atoms with van der Waals surface area (Å²) in [7, 11) is 0. The second-order valence-electron chi connectivity index (χ2n) is 6.96. The van der Waals surface area contributed by atoms with Gasteiger partial charge in [-0.2, -0.15) is 0 Å². The topological polar surface area (TPSA) is 55.8 Å². The molecule has 1 amide bonds. The van der Waals surface area contributed by atoms with Crippen LogP contribution in [0.15, 0.2) is 54.6 Å². The Labute approximate surface area is 159 Å². The quantitative estimate of drug-likeness (QED) is 0.731. The third kappa shape index (κ3) is 5.58. The van der Waals surface area contributed by atoms with Gasteiger partial charge in [0.2, 0.25) is 0 Å². The minimum atomic E-state index is -0.482. The molecule has 0 bridgehead atoms. The number of likely N-dealkylation sites (tertiary alicyclic amines) is 1. The molecule has 2 aromatic rings. The Hall–Kier alpha value is -2.82. The van der Waals surface area contributed by atoms with Crippen LogP contribution in [0.25, 0.3) is 0 Å². The minimum Gasteiger partial charge on any atom is -0.489 e. The predicted molar refractivity (Wildman–Crippen MR) is 102 cm³/mol. The van der Waals surface area contributed by atoms with E-state index in [1.54, 1.807) is 17.0 Å². The molecule has 1 heterocycles. The van der Waals surface area contributed by atoms with Crippen LogP contribution in [-0.2, 0) is 16.1 Å². The van der Waals surface area contributed by atoms with Crippen LogP contribution in [0.3, 0.4) is 0 Å². The van der Waals surface area contributed by atoms with Gasteiger partial charge in [-0.05, 0) is 48.6 Å². The molecule has 1 aliphatic heterocycles. The lowest BCUT2D eigenvalue weighted by molar-refractivity contribution is -0.136. The number of esters is 1. The maximum atomic E-state index is 12.2. The third-order valence-corrected chi connectivity index (χ3v) is 4.67. The van der Waals surface area contributed by atoms with Crippen molar-refractivity contribution in [1.29, 1.82) is 0 Å². The molecule has 5 heteroatoms. The lowest BCUT2D eigenvalue weighted by Crippen LogP contribution is -2.41. The SMILES string of the molecule is CC1CCCN(C(=O)COC(=O)c2ccc(COc3ccccc3)cc2)C1. The van der Waals surface area contributed by atoms with Gasteiger partial charge in [-0.1, -0.05) is 37.3 Å². The van der Waals surface area contributed by atoms with Crippen molar-refractivity contribution < 1.29 is 19.1 Å². The van der Waals surface area contributed by atoms with Gasteiger partial charge in [-0.15, -0.1) is 0 Å². The van der Waals surface area contributed by atoms with Crippen molar-refractivity contribution in [3.8, 4) is 5.75 Å². The highest BCUT2D eigenvalue weighted by Gasteiger charge is 2.22. The molecule has 0 spiro atoms. The summed E-state index contributed by atoms with van der Waals surface area (Å²) >= 11 is 0. The van der Waals surface area contributed by atoms with Crippen LogP contribution in [0.5, 0.6) is 5.75 Å². The first kappa shape index (κ1) is 19.0. The number of amides is 1. The number of piperidine rings is 1. The standard InChI is InChI=1S/C22H25NO4/c1-17-6-5-13-23(14-17)21(24)16-27-22(25)19-11-9-18(10-12-19)15-26-20-7-3-2-4-8-20/h2-4,7-12,17H,5-6,13-16H2,1H3. The normalized spacial score (nSPS) is 16.6. The smallest absolute Gasteiger partial charge is 0.338 e. The molecule has 0 aromatic heterocycles. The molecule has 0 radical (unpaired) electrons. The number of para-hydroxylation sites is 1. The molecule has 2 aromatic carbocycles. The van der Waals surface area contributed by atoms with E-state index >= 15 is 0 Å². The van der Waals surface area contributed by atoms with Crippen LogP contribution >= 0.6 is 0 Å². The van der Waals surface area contributed by atoms with E-state index in [9.17, 15) is 9.59 Å². The van der Waals surface area contributed by atoms with Gasteiger partial charge in [0.15, 0.2) is 6.61 Å². The van der Waals surface area contributed by atoms with E-state index in [1.807, 2.05) is 42.5 Å². The first-order chi connectivity index (χ1) is 13.1. The average Bonchev–Trinajstić information content (AvgIpc) is 2.71. The summed E-state index contributed by atoms with van der Waals surface area (Å²) in [5.74, 6) is 0.697. The van der Waals surface area contributed by atoms with E-state index in [2.05, 4.69) is 6.92 Å². The van der Waals surface area contributed by atoms with Crippen LogP contribution < -0.4 is 4.74 Å². The molecular weight excluding hydrogens is 342 g/mol. The molecule has 5 nitrogen and oxygen atoms in total. The molecule has 1 fully saturated rings. The highest BCUT2D eigenvalue weighted by atomic mass is 16.5. The van der Waals surface area contributed by atoms with E-state index in [-0.39, 0.29) is 12.5 Å². The Morgan fingerprint density at radius 1 is 1.07 bits per heavy atom. The molecule has 1 saturated heterocycles. The fourth-order valence-electron chi connectivity index (χ4n) is 3.14. The Bertz CT molecular complexity index is 758. The number of benzene rings is 2. The fraction of sp³-hybridized carbons (Fsp3) is 0.364. The zero-order chi connectivity index (χ0) is 19.1. The minimum absolute atomic E-state index is 0.122. The van der Waals surface area contributed by atoms with Crippen LogP contribution in [0.4, 0.5) is 0 Å². The Balaban J connectivity index is 1.46. The summed E-state index contributed by atoms with van der Waals surface area (Å²) in [6, 6.07) is 16.6. The largest absolute Gasteiger partial charge is 0.489 e. The molecule has 3 rings (SSSR count). The molecule has 1 atom stereocenters. The number of nitrogens with zero attached hydrogens (tertiary/aromatic N) is 1. The van der Waals surface area contributed by atoms with Gasteiger partial charge in [0.25, 0.3) is 5.91 Å². The molecular formula is C22H25NO4. The Morgan fingerprint density at radius 3 is 2.52 bits per heavy atom. The number of ether oxygens (including phenoxy) is 2. The van der Waals surface area contributed by atoms with Crippen molar-refractivity contribution in [2.75, 3.05) is 19.7 Å². The highest BCUT2D eigenvalue weighted by molar-refractivity contribution is 5.91. The van der Waals surface area contributed by atoms with Gasteiger partial charge in [-0.3, -0.25) is 4.79 Å². The molecule has 1 unspecified atom stereocenters. The van der Waals surface area contributed by atoms with Crippen LogP contribution in [0.1, 0.15) is 35.7 Å². The van der Waals surface area contributed by atoms with Gasteiger partial charge in [0.1, 0.15) is 12.4 Å². The summed E-state index contributed by atoms with van der Waals surface area (Å²) in [5, 5.41) is 0.